The lowest BCUT2D eigenvalue weighted by molar-refractivity contribution is 0.448. The van der Waals surface area contributed by atoms with E-state index in [2.05, 4.69) is 0 Å². The summed E-state index contributed by atoms with van der Waals surface area (Å²) in [5.74, 6) is -0.424. The minimum Gasteiger partial charge on any atom is -0.207 e. The maximum atomic E-state index is 13.2. The normalized spacial score (nSPS) is 15.9. The Balaban J connectivity index is 3.11. The second-order valence-electron chi connectivity index (χ2n) is 3.96. The Bertz CT molecular complexity index is 346. The van der Waals surface area contributed by atoms with Crippen molar-refractivity contribution in [3.8, 4) is 0 Å². The molecule has 0 N–H and O–H groups in total. The highest BCUT2D eigenvalue weighted by atomic mass is 35.6. The maximum Gasteiger partial charge on any atom is 0.197 e. The Kier molecular flexibility index (Phi) is 4.90. The summed E-state index contributed by atoms with van der Waals surface area (Å²) in [5, 5.41) is 0. The van der Waals surface area contributed by atoms with Crippen LogP contribution >= 0.6 is 34.8 Å². The second-order valence-corrected chi connectivity index (χ2v) is 6.33. The number of alkyl halides is 3. The van der Waals surface area contributed by atoms with Gasteiger partial charge in [0.1, 0.15) is 5.82 Å². The third-order valence-corrected chi connectivity index (χ3v) is 3.48. The second kappa shape index (κ2) is 5.57. The lowest BCUT2D eigenvalue weighted by Gasteiger charge is -2.29. The van der Waals surface area contributed by atoms with Gasteiger partial charge in [-0.05, 0) is 23.6 Å². The van der Waals surface area contributed by atoms with Crippen LogP contribution in [-0.4, -0.2) is 3.79 Å². The van der Waals surface area contributed by atoms with Crippen LogP contribution < -0.4 is 0 Å². The molecule has 16 heavy (non-hydrogen) atoms. The van der Waals surface area contributed by atoms with Crippen LogP contribution in [0, 0.1) is 11.7 Å². The Morgan fingerprint density at radius 1 is 1.31 bits per heavy atom. The van der Waals surface area contributed by atoms with E-state index in [0.29, 0.717) is 0 Å². The highest BCUT2D eigenvalue weighted by Crippen LogP contribution is 2.46. The Morgan fingerprint density at radius 3 is 2.38 bits per heavy atom. The molecule has 1 aromatic carbocycles. The quantitative estimate of drug-likeness (QED) is 0.658. The third kappa shape index (κ3) is 3.51. The molecule has 0 aliphatic heterocycles. The first kappa shape index (κ1) is 14.1. The summed E-state index contributed by atoms with van der Waals surface area (Å²) in [6, 6.07) is 6.24. The third-order valence-electron chi connectivity index (χ3n) is 2.77. The van der Waals surface area contributed by atoms with Crippen LogP contribution in [0.3, 0.4) is 0 Å². The molecular formula is C12H14Cl3F. The minimum atomic E-state index is -1.41. The van der Waals surface area contributed by atoms with Crippen molar-refractivity contribution in [3.05, 3.63) is 35.6 Å². The monoisotopic (exact) mass is 282 g/mol. The van der Waals surface area contributed by atoms with Gasteiger partial charge in [0.25, 0.3) is 0 Å². The molecule has 0 saturated heterocycles. The summed E-state index contributed by atoms with van der Waals surface area (Å²) < 4.78 is 11.7. The van der Waals surface area contributed by atoms with E-state index in [1.165, 1.54) is 12.1 Å². The summed E-state index contributed by atoms with van der Waals surface area (Å²) in [6.07, 6.45) is 0.870. The summed E-state index contributed by atoms with van der Waals surface area (Å²) in [6.45, 7) is 4.02. The Morgan fingerprint density at radius 2 is 1.94 bits per heavy atom. The van der Waals surface area contributed by atoms with Crippen LogP contribution in [0.1, 0.15) is 31.7 Å². The lowest BCUT2D eigenvalue weighted by atomic mass is 9.86. The first-order valence-electron chi connectivity index (χ1n) is 5.18. The molecule has 2 atom stereocenters. The van der Waals surface area contributed by atoms with Crippen molar-refractivity contribution < 1.29 is 4.39 Å². The van der Waals surface area contributed by atoms with Crippen molar-refractivity contribution in [2.75, 3.05) is 0 Å². The molecule has 0 saturated carbocycles. The smallest absolute Gasteiger partial charge is 0.197 e. The summed E-state index contributed by atoms with van der Waals surface area (Å²) in [7, 11) is 0. The molecular weight excluding hydrogens is 269 g/mol. The Hall–Kier alpha value is 0.0200. The van der Waals surface area contributed by atoms with E-state index in [-0.39, 0.29) is 17.7 Å². The summed E-state index contributed by atoms with van der Waals surface area (Å²) in [5.41, 5.74) is 0.731. The fourth-order valence-corrected chi connectivity index (χ4v) is 2.80. The van der Waals surface area contributed by atoms with E-state index in [4.69, 9.17) is 34.8 Å². The minimum absolute atomic E-state index is 0.175. The van der Waals surface area contributed by atoms with Gasteiger partial charge in [0.05, 0.1) is 0 Å². The number of halogens is 4. The van der Waals surface area contributed by atoms with Gasteiger partial charge in [0.2, 0.25) is 0 Å². The highest BCUT2D eigenvalue weighted by Gasteiger charge is 2.37. The Labute approximate surface area is 111 Å². The van der Waals surface area contributed by atoms with Gasteiger partial charge in [-0.1, -0.05) is 67.2 Å². The van der Waals surface area contributed by atoms with Crippen molar-refractivity contribution in [2.24, 2.45) is 5.92 Å². The highest BCUT2D eigenvalue weighted by molar-refractivity contribution is 6.68. The first-order chi connectivity index (χ1) is 7.36. The largest absolute Gasteiger partial charge is 0.207 e. The predicted octanol–water partition coefficient (Wildman–Crippen LogP) is 5.33. The van der Waals surface area contributed by atoms with Gasteiger partial charge in [0.15, 0.2) is 3.79 Å². The molecule has 0 aromatic heterocycles. The van der Waals surface area contributed by atoms with Gasteiger partial charge in [-0.3, -0.25) is 0 Å². The zero-order valence-corrected chi connectivity index (χ0v) is 11.5. The molecule has 1 rings (SSSR count). The molecule has 1 aromatic rings. The molecule has 0 radical (unpaired) electrons. The van der Waals surface area contributed by atoms with Gasteiger partial charge in [0, 0.05) is 5.92 Å². The average Bonchev–Trinajstić information content (AvgIpc) is 2.15. The van der Waals surface area contributed by atoms with Gasteiger partial charge in [-0.25, -0.2) is 4.39 Å². The first-order valence-corrected chi connectivity index (χ1v) is 6.31. The molecule has 0 heterocycles. The zero-order chi connectivity index (χ0) is 12.3. The SMILES string of the molecule is CCC(C)C(c1cccc(F)c1)C(Cl)(Cl)Cl. The molecule has 0 nitrogen and oxygen atoms in total. The van der Waals surface area contributed by atoms with E-state index in [0.717, 1.165) is 12.0 Å². The van der Waals surface area contributed by atoms with Crippen molar-refractivity contribution in [2.45, 2.75) is 30.0 Å². The molecule has 0 aliphatic carbocycles. The topological polar surface area (TPSA) is 0 Å². The number of hydrogen-bond donors (Lipinski definition) is 0. The molecule has 0 bridgehead atoms. The van der Waals surface area contributed by atoms with Gasteiger partial charge >= 0.3 is 0 Å². The molecule has 4 heteroatoms. The fraction of sp³-hybridized carbons (Fsp3) is 0.500. The van der Waals surface area contributed by atoms with Crippen LogP contribution in [0.5, 0.6) is 0 Å². The lowest BCUT2D eigenvalue weighted by Crippen LogP contribution is -2.23. The van der Waals surface area contributed by atoms with Crippen molar-refractivity contribution in [1.82, 2.24) is 0 Å². The average molecular weight is 284 g/mol. The van der Waals surface area contributed by atoms with Crippen LogP contribution in [0.25, 0.3) is 0 Å². The van der Waals surface area contributed by atoms with Crippen molar-refractivity contribution in [1.29, 1.82) is 0 Å². The zero-order valence-electron chi connectivity index (χ0n) is 9.18. The van der Waals surface area contributed by atoms with E-state index in [1.54, 1.807) is 12.1 Å². The van der Waals surface area contributed by atoms with Crippen molar-refractivity contribution in [3.63, 3.8) is 0 Å². The van der Waals surface area contributed by atoms with E-state index < -0.39 is 3.79 Å². The molecule has 90 valence electrons. The van der Waals surface area contributed by atoms with Gasteiger partial charge < -0.3 is 0 Å². The van der Waals surface area contributed by atoms with Crippen LogP contribution in [0.2, 0.25) is 0 Å². The molecule has 0 spiro atoms. The fourth-order valence-electron chi connectivity index (χ4n) is 1.78. The van der Waals surface area contributed by atoms with Crippen LogP contribution in [0.4, 0.5) is 4.39 Å². The molecule has 2 unspecified atom stereocenters. The molecule has 0 fully saturated rings. The van der Waals surface area contributed by atoms with E-state index in [1.807, 2.05) is 13.8 Å². The van der Waals surface area contributed by atoms with E-state index in [9.17, 15) is 4.39 Å². The number of rotatable bonds is 3. The maximum absolute atomic E-state index is 13.2. The van der Waals surface area contributed by atoms with Gasteiger partial charge in [-0.2, -0.15) is 0 Å². The molecule has 0 aliphatic rings. The van der Waals surface area contributed by atoms with Crippen LogP contribution in [0.15, 0.2) is 24.3 Å². The van der Waals surface area contributed by atoms with Gasteiger partial charge in [-0.15, -0.1) is 0 Å². The van der Waals surface area contributed by atoms with Crippen molar-refractivity contribution >= 4 is 34.8 Å². The standard InChI is InChI=1S/C12H14Cl3F/c1-3-8(2)11(12(13,14)15)9-5-4-6-10(16)7-9/h4-8,11H,3H2,1-2H3. The summed E-state index contributed by atoms with van der Waals surface area (Å²) >= 11 is 17.9. The number of hydrogen-bond acceptors (Lipinski definition) is 0. The predicted molar refractivity (Wildman–Crippen MR) is 68.9 cm³/mol. The molecule has 0 amide bonds. The summed E-state index contributed by atoms with van der Waals surface area (Å²) in [4.78, 5) is 0. The number of benzene rings is 1. The van der Waals surface area contributed by atoms with Crippen LogP contribution in [-0.2, 0) is 0 Å². The van der Waals surface area contributed by atoms with E-state index >= 15 is 0 Å².